The summed E-state index contributed by atoms with van der Waals surface area (Å²) in [5.41, 5.74) is -0.346. The minimum Gasteiger partial charge on any atom is -0.497 e. The first-order valence-electron chi connectivity index (χ1n) is 10.2. The van der Waals surface area contributed by atoms with E-state index >= 15 is 0 Å². The molecule has 3 aromatic rings. The van der Waals surface area contributed by atoms with Gasteiger partial charge in [-0.1, -0.05) is 23.7 Å². The smallest absolute Gasteiger partial charge is 0.341 e. The summed E-state index contributed by atoms with van der Waals surface area (Å²) >= 11 is 5.97. The van der Waals surface area contributed by atoms with Crippen LogP contribution >= 0.6 is 11.6 Å². The maximum atomic E-state index is 12.8. The van der Waals surface area contributed by atoms with Crippen LogP contribution in [0.15, 0.2) is 71.6 Å². The highest BCUT2D eigenvalue weighted by atomic mass is 35.5. The Morgan fingerprint density at radius 2 is 1.69 bits per heavy atom. The molecule has 0 aliphatic carbocycles. The number of nitrogens with zero attached hydrogens (tertiary/aromatic N) is 1. The molecule has 0 radical (unpaired) electrons. The number of para-hydroxylation sites is 1. The van der Waals surface area contributed by atoms with Crippen molar-refractivity contribution in [3.8, 4) is 5.75 Å². The fraction of sp³-hybridized carbons (Fsp3) is 0.130. The second-order valence-electron chi connectivity index (χ2n) is 7.28. The molecular weight excluding hydrogens is 514 g/mol. The monoisotopic (exact) mass is 533 g/mol. The fourth-order valence-electron chi connectivity index (χ4n) is 2.94. The lowest BCUT2D eigenvalue weighted by atomic mass is 10.2. The Morgan fingerprint density at radius 1 is 1.03 bits per heavy atom. The first kappa shape index (κ1) is 26.4. The van der Waals surface area contributed by atoms with Crippen LogP contribution in [0.3, 0.4) is 0 Å². The quantitative estimate of drug-likeness (QED) is 0.235. The molecule has 36 heavy (non-hydrogen) atoms. The third kappa shape index (κ3) is 6.29. The van der Waals surface area contributed by atoms with Crippen LogP contribution in [0.4, 0.5) is 17.1 Å². The van der Waals surface area contributed by atoms with Crippen molar-refractivity contribution in [2.75, 3.05) is 17.1 Å². The van der Waals surface area contributed by atoms with Crippen LogP contribution in [0.2, 0.25) is 5.02 Å². The lowest BCUT2D eigenvalue weighted by Crippen LogP contribution is -2.30. The van der Waals surface area contributed by atoms with Crippen LogP contribution in [0, 0.1) is 10.1 Å². The summed E-state index contributed by atoms with van der Waals surface area (Å²) in [7, 11) is -2.60. The number of nitrogens with one attached hydrogen (secondary N) is 2. The van der Waals surface area contributed by atoms with E-state index in [1.54, 1.807) is 0 Å². The number of halogens is 1. The van der Waals surface area contributed by atoms with Crippen LogP contribution < -0.4 is 14.8 Å². The average molecular weight is 534 g/mol. The van der Waals surface area contributed by atoms with Gasteiger partial charge in [-0.15, -0.1) is 0 Å². The molecule has 0 saturated heterocycles. The van der Waals surface area contributed by atoms with Crippen molar-refractivity contribution in [1.82, 2.24) is 0 Å². The number of anilines is 2. The summed E-state index contributed by atoms with van der Waals surface area (Å²) in [6, 6.07) is 14.9. The Bertz CT molecular complexity index is 1410. The molecule has 0 fully saturated rings. The molecular formula is C23H20ClN3O8S. The van der Waals surface area contributed by atoms with Crippen LogP contribution in [-0.4, -0.2) is 38.4 Å². The molecule has 3 rings (SSSR count). The van der Waals surface area contributed by atoms with Gasteiger partial charge in [0.2, 0.25) is 0 Å². The van der Waals surface area contributed by atoms with Crippen LogP contribution in [0.5, 0.6) is 5.75 Å². The number of amides is 1. The molecule has 0 aliphatic rings. The fourth-order valence-corrected chi connectivity index (χ4v) is 4.24. The molecule has 1 unspecified atom stereocenters. The second-order valence-corrected chi connectivity index (χ2v) is 9.37. The highest BCUT2D eigenvalue weighted by Gasteiger charge is 2.24. The van der Waals surface area contributed by atoms with E-state index in [9.17, 15) is 28.1 Å². The number of hydrogen-bond acceptors (Lipinski definition) is 8. The molecule has 13 heteroatoms. The molecule has 0 bridgehead atoms. The summed E-state index contributed by atoms with van der Waals surface area (Å²) in [6.07, 6.45) is -1.31. The predicted octanol–water partition coefficient (Wildman–Crippen LogP) is 4.24. The maximum Gasteiger partial charge on any atom is 0.341 e. The first-order valence-corrected chi connectivity index (χ1v) is 12.1. The topological polar surface area (TPSA) is 154 Å². The first-order chi connectivity index (χ1) is 17.0. The van der Waals surface area contributed by atoms with Gasteiger partial charge < -0.3 is 14.8 Å². The van der Waals surface area contributed by atoms with Gasteiger partial charge in [-0.3, -0.25) is 19.6 Å². The molecule has 2 N–H and O–H groups in total. The Kier molecular flexibility index (Phi) is 8.12. The van der Waals surface area contributed by atoms with Gasteiger partial charge in [0.1, 0.15) is 5.75 Å². The van der Waals surface area contributed by atoms with E-state index in [0.717, 1.165) is 12.1 Å². The number of carbonyl (C=O) groups excluding carboxylic acids is 2. The van der Waals surface area contributed by atoms with Gasteiger partial charge in [0.25, 0.3) is 21.6 Å². The average Bonchev–Trinajstić information content (AvgIpc) is 2.85. The number of nitro benzene ring substituents is 1. The Morgan fingerprint density at radius 3 is 2.31 bits per heavy atom. The summed E-state index contributed by atoms with van der Waals surface area (Å²) in [6.45, 7) is 1.30. The van der Waals surface area contributed by atoms with E-state index in [4.69, 9.17) is 21.1 Å². The number of sulfonamides is 1. The van der Waals surface area contributed by atoms with Crippen LogP contribution in [0.25, 0.3) is 0 Å². The largest absolute Gasteiger partial charge is 0.497 e. The molecule has 0 aromatic heterocycles. The number of ether oxygens (including phenoxy) is 2. The van der Waals surface area contributed by atoms with Crippen molar-refractivity contribution in [2.24, 2.45) is 0 Å². The van der Waals surface area contributed by atoms with E-state index < -0.39 is 32.9 Å². The highest BCUT2D eigenvalue weighted by Crippen LogP contribution is 2.27. The number of benzene rings is 3. The number of rotatable bonds is 9. The maximum absolute atomic E-state index is 12.8. The zero-order valence-corrected chi connectivity index (χ0v) is 20.5. The summed E-state index contributed by atoms with van der Waals surface area (Å²) < 4.78 is 38.1. The van der Waals surface area contributed by atoms with Crippen molar-refractivity contribution in [3.05, 3.63) is 87.4 Å². The van der Waals surface area contributed by atoms with Crippen LogP contribution in [-0.2, 0) is 19.6 Å². The molecule has 3 aromatic carbocycles. The van der Waals surface area contributed by atoms with E-state index in [2.05, 4.69) is 10.0 Å². The molecule has 0 aliphatic heterocycles. The SMILES string of the molecule is COc1ccc(S(=O)(=O)Nc2ccccc2C(=O)OC(C)C(=O)Nc2ccc([N+](=O)[O-])cc2Cl)cc1. The number of esters is 1. The van der Waals surface area contributed by atoms with E-state index in [0.29, 0.717) is 5.75 Å². The molecule has 1 amide bonds. The van der Waals surface area contributed by atoms with Crippen molar-refractivity contribution >= 4 is 50.6 Å². The summed E-state index contributed by atoms with van der Waals surface area (Å²) in [5, 5.41) is 13.2. The third-order valence-corrected chi connectivity index (χ3v) is 6.53. The number of carbonyl (C=O) groups is 2. The lowest BCUT2D eigenvalue weighted by molar-refractivity contribution is -0.384. The number of nitro groups is 1. The molecule has 188 valence electrons. The standard InChI is InChI=1S/C23H20ClN3O8S/c1-14(22(28)25-21-12-7-15(27(30)31)13-19(21)24)35-23(29)18-5-3-4-6-20(18)26-36(32,33)17-10-8-16(34-2)9-11-17/h3-14,26H,1-2H3,(H,25,28). The Hall–Kier alpha value is -4.16. The van der Waals surface area contributed by atoms with Gasteiger partial charge in [0.05, 0.1) is 38.9 Å². The third-order valence-electron chi connectivity index (χ3n) is 4.84. The van der Waals surface area contributed by atoms with Crippen molar-refractivity contribution in [2.45, 2.75) is 17.9 Å². The summed E-state index contributed by atoms with van der Waals surface area (Å²) in [4.78, 5) is 35.4. The normalized spacial score (nSPS) is 11.8. The lowest BCUT2D eigenvalue weighted by Gasteiger charge is -2.16. The van der Waals surface area contributed by atoms with E-state index in [1.807, 2.05) is 0 Å². The molecule has 1 atom stereocenters. The summed E-state index contributed by atoms with van der Waals surface area (Å²) in [5.74, 6) is -1.24. The van der Waals surface area contributed by atoms with Gasteiger partial charge in [0.15, 0.2) is 6.10 Å². The van der Waals surface area contributed by atoms with Crippen LogP contribution in [0.1, 0.15) is 17.3 Å². The van der Waals surface area contributed by atoms with Gasteiger partial charge >= 0.3 is 5.97 Å². The van der Waals surface area contributed by atoms with Gasteiger partial charge in [0, 0.05) is 12.1 Å². The van der Waals surface area contributed by atoms with E-state index in [1.165, 1.54) is 68.6 Å². The highest BCUT2D eigenvalue weighted by molar-refractivity contribution is 7.92. The Labute approximate surface area is 211 Å². The molecule has 0 spiro atoms. The number of non-ortho nitro benzene ring substituents is 1. The minimum atomic E-state index is -4.05. The van der Waals surface area contributed by atoms with Crippen molar-refractivity contribution in [3.63, 3.8) is 0 Å². The zero-order chi connectivity index (χ0) is 26.5. The molecule has 0 heterocycles. The van der Waals surface area contributed by atoms with Gasteiger partial charge in [-0.05, 0) is 49.4 Å². The van der Waals surface area contributed by atoms with Crippen molar-refractivity contribution in [1.29, 1.82) is 0 Å². The Balaban J connectivity index is 1.72. The minimum absolute atomic E-state index is 0.0515. The number of hydrogen-bond donors (Lipinski definition) is 2. The van der Waals surface area contributed by atoms with Gasteiger partial charge in [-0.25, -0.2) is 13.2 Å². The van der Waals surface area contributed by atoms with Gasteiger partial charge in [-0.2, -0.15) is 0 Å². The molecule has 0 saturated carbocycles. The second kappa shape index (κ2) is 11.1. The van der Waals surface area contributed by atoms with Crippen molar-refractivity contribution < 1.29 is 32.4 Å². The molecule has 11 nitrogen and oxygen atoms in total. The number of methoxy groups -OCH3 is 1. The predicted molar refractivity (Wildman–Crippen MR) is 132 cm³/mol. The zero-order valence-electron chi connectivity index (χ0n) is 18.9. The van der Waals surface area contributed by atoms with E-state index in [-0.39, 0.29) is 32.5 Å².